The van der Waals surface area contributed by atoms with Gasteiger partial charge >= 0.3 is 0 Å². The van der Waals surface area contributed by atoms with Crippen LogP contribution in [0.15, 0.2) is 0 Å². The van der Waals surface area contributed by atoms with Gasteiger partial charge in [0.1, 0.15) is 6.61 Å². The zero-order chi connectivity index (χ0) is 6.69. The van der Waals surface area contributed by atoms with Gasteiger partial charge in [-0.2, -0.15) is 0 Å². The van der Waals surface area contributed by atoms with Gasteiger partial charge in [-0.3, -0.25) is 4.79 Å². The molecule has 3 nitrogen and oxygen atoms in total. The van der Waals surface area contributed by atoms with Crippen LogP contribution < -0.4 is 0 Å². The van der Waals surface area contributed by atoms with Crippen LogP contribution in [-0.4, -0.2) is 37.6 Å². The van der Waals surface area contributed by atoms with E-state index in [2.05, 4.69) is 0 Å². The molecular weight excluding hydrogens is 118 g/mol. The Bertz CT molecular complexity index is 114. The Morgan fingerprint density at radius 1 is 1.67 bits per heavy atom. The van der Waals surface area contributed by atoms with E-state index in [1.807, 2.05) is 0 Å². The van der Waals surface area contributed by atoms with Gasteiger partial charge in [-0.1, -0.05) is 0 Å². The highest BCUT2D eigenvalue weighted by Crippen LogP contribution is 1.95. The van der Waals surface area contributed by atoms with E-state index in [4.69, 9.17) is 4.74 Å². The second kappa shape index (κ2) is 2.82. The fraction of sp³-hybridized carbons (Fsp3) is 0.833. The maximum atomic E-state index is 10.8. The molecule has 1 aliphatic rings. The third-order valence-electron chi connectivity index (χ3n) is 1.43. The Balaban J connectivity index is 2.41. The predicted octanol–water partition coefficient (Wildman–Crippen LogP) is -0.135. The molecule has 0 atom stereocenters. The van der Waals surface area contributed by atoms with Crippen molar-refractivity contribution < 1.29 is 9.53 Å². The van der Waals surface area contributed by atoms with Gasteiger partial charge in [0, 0.05) is 20.2 Å². The first-order valence-corrected chi connectivity index (χ1v) is 3.12. The zero-order valence-corrected chi connectivity index (χ0v) is 5.59. The van der Waals surface area contributed by atoms with Crippen molar-refractivity contribution in [2.75, 3.05) is 26.8 Å². The first kappa shape index (κ1) is 6.55. The van der Waals surface area contributed by atoms with Crippen molar-refractivity contribution in [3.05, 3.63) is 0 Å². The molecule has 9 heavy (non-hydrogen) atoms. The molecule has 0 unspecified atom stereocenters. The molecule has 52 valence electrons. The summed E-state index contributed by atoms with van der Waals surface area (Å²) in [6, 6.07) is 0. The highest BCUT2D eigenvalue weighted by atomic mass is 16.5. The van der Waals surface area contributed by atoms with Crippen LogP contribution in [-0.2, 0) is 9.53 Å². The van der Waals surface area contributed by atoms with Crippen LogP contribution in [0, 0.1) is 0 Å². The van der Waals surface area contributed by atoms with Crippen LogP contribution in [0.3, 0.4) is 0 Å². The highest BCUT2D eigenvalue weighted by Gasteiger charge is 2.11. The third kappa shape index (κ3) is 1.68. The monoisotopic (exact) mass is 129 g/mol. The molecule has 0 aliphatic carbocycles. The maximum absolute atomic E-state index is 10.8. The van der Waals surface area contributed by atoms with E-state index in [0.717, 1.165) is 19.6 Å². The smallest absolute Gasteiger partial charge is 0.248 e. The SMILES string of the molecule is CN1CCCOCC1=O. The Hall–Kier alpha value is -0.570. The summed E-state index contributed by atoms with van der Waals surface area (Å²) in [5, 5.41) is 0. The lowest BCUT2D eigenvalue weighted by molar-refractivity contribution is -0.132. The van der Waals surface area contributed by atoms with Crippen molar-refractivity contribution in [3.8, 4) is 0 Å². The Morgan fingerprint density at radius 3 is 3.22 bits per heavy atom. The van der Waals surface area contributed by atoms with E-state index in [1.165, 1.54) is 0 Å². The molecule has 1 fully saturated rings. The van der Waals surface area contributed by atoms with E-state index < -0.39 is 0 Å². The topological polar surface area (TPSA) is 29.5 Å². The molecule has 0 bridgehead atoms. The number of amides is 1. The van der Waals surface area contributed by atoms with Gasteiger partial charge in [0.2, 0.25) is 5.91 Å². The molecule has 0 spiro atoms. The molecular formula is C6H11NO2. The van der Waals surface area contributed by atoms with Crippen molar-refractivity contribution in [2.24, 2.45) is 0 Å². The first-order valence-electron chi connectivity index (χ1n) is 3.12. The molecule has 0 aromatic rings. The van der Waals surface area contributed by atoms with E-state index in [-0.39, 0.29) is 12.5 Å². The van der Waals surface area contributed by atoms with Crippen LogP contribution in [0.2, 0.25) is 0 Å². The largest absolute Gasteiger partial charge is 0.372 e. The van der Waals surface area contributed by atoms with Crippen molar-refractivity contribution in [1.29, 1.82) is 0 Å². The molecule has 1 heterocycles. The molecule has 1 amide bonds. The molecule has 3 heteroatoms. The number of likely N-dealkylation sites (N-methyl/N-ethyl adjacent to an activating group) is 1. The number of carbonyl (C=O) groups excluding carboxylic acids is 1. The van der Waals surface area contributed by atoms with Gasteiger partial charge in [-0.05, 0) is 6.42 Å². The predicted molar refractivity (Wildman–Crippen MR) is 33.1 cm³/mol. The quantitative estimate of drug-likeness (QED) is 0.456. The molecule has 1 saturated heterocycles. The Morgan fingerprint density at radius 2 is 2.44 bits per heavy atom. The molecule has 0 saturated carbocycles. The van der Waals surface area contributed by atoms with Crippen molar-refractivity contribution in [1.82, 2.24) is 4.90 Å². The summed E-state index contributed by atoms with van der Waals surface area (Å²) in [6.07, 6.45) is 0.961. The average Bonchev–Trinajstić information content (AvgIpc) is 1.99. The summed E-state index contributed by atoms with van der Waals surface area (Å²) >= 11 is 0. The Kier molecular flexibility index (Phi) is 2.05. The number of ether oxygens (including phenoxy) is 1. The summed E-state index contributed by atoms with van der Waals surface area (Å²) < 4.78 is 4.99. The van der Waals surface area contributed by atoms with Gasteiger partial charge < -0.3 is 9.64 Å². The van der Waals surface area contributed by atoms with Gasteiger partial charge in [-0.25, -0.2) is 0 Å². The number of carbonyl (C=O) groups is 1. The lowest BCUT2D eigenvalue weighted by atomic mass is 10.4. The summed E-state index contributed by atoms with van der Waals surface area (Å²) in [6.45, 7) is 1.81. The third-order valence-corrected chi connectivity index (χ3v) is 1.43. The number of hydrogen-bond donors (Lipinski definition) is 0. The van der Waals surface area contributed by atoms with Crippen LogP contribution >= 0.6 is 0 Å². The van der Waals surface area contributed by atoms with Gasteiger partial charge in [0.05, 0.1) is 0 Å². The first-order chi connectivity index (χ1) is 4.30. The minimum absolute atomic E-state index is 0.0903. The Labute approximate surface area is 54.6 Å². The van der Waals surface area contributed by atoms with Crippen LogP contribution in [0.4, 0.5) is 0 Å². The normalized spacial score (nSPS) is 21.9. The standard InChI is InChI=1S/C6H11NO2/c1-7-3-2-4-9-5-6(7)8/h2-5H2,1H3. The molecule has 0 aromatic carbocycles. The van der Waals surface area contributed by atoms with E-state index in [1.54, 1.807) is 11.9 Å². The number of hydrogen-bond acceptors (Lipinski definition) is 2. The fourth-order valence-electron chi connectivity index (χ4n) is 0.798. The van der Waals surface area contributed by atoms with Crippen molar-refractivity contribution in [2.45, 2.75) is 6.42 Å². The highest BCUT2D eigenvalue weighted by molar-refractivity contribution is 5.77. The fourth-order valence-corrected chi connectivity index (χ4v) is 0.798. The van der Waals surface area contributed by atoms with Gasteiger partial charge in [0.25, 0.3) is 0 Å². The van der Waals surface area contributed by atoms with Crippen LogP contribution in [0.5, 0.6) is 0 Å². The zero-order valence-electron chi connectivity index (χ0n) is 5.59. The van der Waals surface area contributed by atoms with Gasteiger partial charge in [-0.15, -0.1) is 0 Å². The molecule has 1 rings (SSSR count). The lowest BCUT2D eigenvalue weighted by Crippen LogP contribution is -2.28. The van der Waals surface area contributed by atoms with E-state index >= 15 is 0 Å². The summed E-state index contributed by atoms with van der Waals surface area (Å²) in [4.78, 5) is 12.5. The second-order valence-corrected chi connectivity index (χ2v) is 2.22. The van der Waals surface area contributed by atoms with Crippen LogP contribution in [0.1, 0.15) is 6.42 Å². The molecule has 0 aromatic heterocycles. The van der Waals surface area contributed by atoms with Crippen molar-refractivity contribution >= 4 is 5.91 Å². The summed E-state index contributed by atoms with van der Waals surface area (Å²) in [5.41, 5.74) is 0. The van der Waals surface area contributed by atoms with E-state index in [9.17, 15) is 4.79 Å². The number of rotatable bonds is 0. The molecule has 0 radical (unpaired) electrons. The molecule has 1 aliphatic heterocycles. The average molecular weight is 129 g/mol. The second-order valence-electron chi connectivity index (χ2n) is 2.22. The summed E-state index contributed by atoms with van der Waals surface area (Å²) in [5.74, 6) is 0.0903. The van der Waals surface area contributed by atoms with Crippen molar-refractivity contribution in [3.63, 3.8) is 0 Å². The lowest BCUT2D eigenvalue weighted by Gasteiger charge is -2.10. The minimum Gasteiger partial charge on any atom is -0.372 e. The summed E-state index contributed by atoms with van der Waals surface area (Å²) in [7, 11) is 1.80. The van der Waals surface area contributed by atoms with Crippen LogP contribution in [0.25, 0.3) is 0 Å². The minimum atomic E-state index is 0.0903. The number of nitrogens with zero attached hydrogens (tertiary/aromatic N) is 1. The molecule has 0 N–H and O–H groups in total. The maximum Gasteiger partial charge on any atom is 0.248 e. The van der Waals surface area contributed by atoms with E-state index in [0.29, 0.717) is 0 Å². The van der Waals surface area contributed by atoms with Gasteiger partial charge in [0.15, 0.2) is 0 Å².